The fourth-order valence-corrected chi connectivity index (χ4v) is 3.32. The summed E-state index contributed by atoms with van der Waals surface area (Å²) < 4.78 is 21.3. The SMILES string of the molecule is Cc1nc(SCCS(=O)(=O)Cl)ccc1[N+](=O)[O-]. The van der Waals surface area contributed by atoms with Crippen molar-refractivity contribution in [3.63, 3.8) is 0 Å². The highest BCUT2D eigenvalue weighted by Gasteiger charge is 2.12. The van der Waals surface area contributed by atoms with Crippen molar-refractivity contribution in [3.05, 3.63) is 27.9 Å². The number of aryl methyl sites for hydroxylation is 1. The molecule has 0 bridgehead atoms. The maximum absolute atomic E-state index is 10.7. The van der Waals surface area contributed by atoms with Crippen molar-refractivity contribution in [1.29, 1.82) is 0 Å². The Labute approximate surface area is 107 Å². The van der Waals surface area contributed by atoms with Gasteiger partial charge in [0.25, 0.3) is 5.69 Å². The van der Waals surface area contributed by atoms with E-state index in [4.69, 9.17) is 10.7 Å². The van der Waals surface area contributed by atoms with Crippen molar-refractivity contribution in [1.82, 2.24) is 4.98 Å². The van der Waals surface area contributed by atoms with Gasteiger partial charge < -0.3 is 0 Å². The van der Waals surface area contributed by atoms with E-state index in [9.17, 15) is 18.5 Å². The normalized spacial score (nSPS) is 11.4. The van der Waals surface area contributed by atoms with Gasteiger partial charge in [-0.15, -0.1) is 11.8 Å². The maximum atomic E-state index is 10.7. The highest BCUT2D eigenvalue weighted by molar-refractivity contribution is 8.14. The Balaban J connectivity index is 2.68. The van der Waals surface area contributed by atoms with E-state index in [0.717, 1.165) is 0 Å². The second kappa shape index (κ2) is 5.65. The molecular formula is C8H9ClN2O4S2. The molecule has 1 aromatic rings. The molecule has 6 nitrogen and oxygen atoms in total. The average Bonchev–Trinajstić information content (AvgIpc) is 2.15. The number of rotatable bonds is 5. The molecule has 17 heavy (non-hydrogen) atoms. The van der Waals surface area contributed by atoms with Gasteiger partial charge in [0.2, 0.25) is 9.05 Å². The molecule has 0 aliphatic heterocycles. The maximum Gasteiger partial charge on any atom is 0.290 e. The van der Waals surface area contributed by atoms with Crippen molar-refractivity contribution >= 4 is 37.2 Å². The molecule has 0 aromatic carbocycles. The van der Waals surface area contributed by atoms with Gasteiger partial charge in [0.1, 0.15) is 5.69 Å². The van der Waals surface area contributed by atoms with E-state index in [0.29, 0.717) is 10.7 Å². The van der Waals surface area contributed by atoms with Crippen molar-refractivity contribution < 1.29 is 13.3 Å². The topological polar surface area (TPSA) is 90.2 Å². The van der Waals surface area contributed by atoms with Crippen LogP contribution in [0.25, 0.3) is 0 Å². The third-order valence-corrected chi connectivity index (χ3v) is 4.15. The summed E-state index contributed by atoms with van der Waals surface area (Å²) in [5.41, 5.74) is 0.244. The summed E-state index contributed by atoms with van der Waals surface area (Å²) in [6.07, 6.45) is 0. The van der Waals surface area contributed by atoms with E-state index in [-0.39, 0.29) is 17.2 Å². The molecule has 0 unspecified atom stereocenters. The average molecular weight is 297 g/mol. The first kappa shape index (κ1) is 14.2. The van der Waals surface area contributed by atoms with Crippen LogP contribution in [0.4, 0.5) is 5.69 Å². The smallest absolute Gasteiger partial charge is 0.258 e. The van der Waals surface area contributed by atoms with Crippen LogP contribution in [0.1, 0.15) is 5.69 Å². The number of hydrogen-bond donors (Lipinski definition) is 0. The number of thioether (sulfide) groups is 1. The highest BCUT2D eigenvalue weighted by Crippen LogP contribution is 2.22. The lowest BCUT2D eigenvalue weighted by Crippen LogP contribution is -2.00. The first-order valence-corrected chi connectivity index (χ1v) is 7.93. The van der Waals surface area contributed by atoms with Gasteiger partial charge in [0.15, 0.2) is 0 Å². The van der Waals surface area contributed by atoms with E-state index in [1.54, 1.807) is 0 Å². The Hall–Kier alpha value is -0.860. The fraction of sp³-hybridized carbons (Fsp3) is 0.375. The summed E-state index contributed by atoms with van der Waals surface area (Å²) in [5.74, 6) is 0.0903. The molecule has 0 N–H and O–H groups in total. The van der Waals surface area contributed by atoms with Gasteiger partial charge in [-0.25, -0.2) is 13.4 Å². The number of pyridine rings is 1. The summed E-state index contributed by atoms with van der Waals surface area (Å²) in [6.45, 7) is 1.53. The van der Waals surface area contributed by atoms with Gasteiger partial charge in [0, 0.05) is 22.5 Å². The van der Waals surface area contributed by atoms with Gasteiger partial charge in [-0.2, -0.15) is 0 Å². The molecule has 0 aliphatic rings. The number of aromatic nitrogens is 1. The molecular weight excluding hydrogens is 288 g/mol. The second-order valence-electron chi connectivity index (χ2n) is 3.10. The summed E-state index contributed by atoms with van der Waals surface area (Å²) in [4.78, 5) is 14.0. The van der Waals surface area contributed by atoms with Gasteiger partial charge in [-0.3, -0.25) is 10.1 Å². The third kappa shape index (κ3) is 4.88. The molecule has 0 aliphatic carbocycles. The van der Waals surface area contributed by atoms with Crippen molar-refractivity contribution in [3.8, 4) is 0 Å². The first-order valence-electron chi connectivity index (χ1n) is 4.47. The van der Waals surface area contributed by atoms with Gasteiger partial charge in [0.05, 0.1) is 15.7 Å². The Morgan fingerprint density at radius 2 is 2.18 bits per heavy atom. The third-order valence-electron chi connectivity index (χ3n) is 1.81. The molecule has 94 valence electrons. The molecule has 0 spiro atoms. The van der Waals surface area contributed by atoms with Crippen LogP contribution in [0.5, 0.6) is 0 Å². The Morgan fingerprint density at radius 1 is 1.53 bits per heavy atom. The lowest BCUT2D eigenvalue weighted by molar-refractivity contribution is -0.385. The summed E-state index contributed by atoms with van der Waals surface area (Å²) in [7, 11) is 1.54. The quantitative estimate of drug-likeness (QED) is 0.357. The molecule has 0 amide bonds. The van der Waals surface area contributed by atoms with Crippen LogP contribution in [0.15, 0.2) is 17.2 Å². The summed E-state index contributed by atoms with van der Waals surface area (Å²) in [6, 6.07) is 2.83. The zero-order valence-corrected chi connectivity index (χ0v) is 11.2. The van der Waals surface area contributed by atoms with Crippen molar-refractivity contribution in [2.75, 3.05) is 11.5 Å². The number of hydrogen-bond acceptors (Lipinski definition) is 6. The Kier molecular flexibility index (Phi) is 4.72. The molecule has 0 atom stereocenters. The molecule has 0 saturated carbocycles. The summed E-state index contributed by atoms with van der Waals surface area (Å²) in [5, 5.41) is 11.1. The first-order chi connectivity index (χ1) is 7.79. The molecule has 1 rings (SSSR count). The van der Waals surface area contributed by atoms with Crippen LogP contribution in [0.3, 0.4) is 0 Å². The van der Waals surface area contributed by atoms with Crippen molar-refractivity contribution in [2.45, 2.75) is 11.9 Å². The van der Waals surface area contributed by atoms with Crippen LogP contribution >= 0.6 is 22.4 Å². The van der Waals surface area contributed by atoms with Crippen LogP contribution < -0.4 is 0 Å². The van der Waals surface area contributed by atoms with Crippen molar-refractivity contribution in [2.24, 2.45) is 0 Å². The Morgan fingerprint density at radius 3 is 2.65 bits per heavy atom. The molecule has 0 radical (unpaired) electrons. The van der Waals surface area contributed by atoms with E-state index in [2.05, 4.69) is 4.98 Å². The summed E-state index contributed by atoms with van der Waals surface area (Å²) >= 11 is 1.18. The standard InChI is InChI=1S/C8H9ClN2O4S2/c1-6-7(11(12)13)2-3-8(10-6)16-4-5-17(9,14)15/h2-3H,4-5H2,1H3. The zero-order valence-electron chi connectivity index (χ0n) is 8.79. The van der Waals surface area contributed by atoms with E-state index >= 15 is 0 Å². The highest BCUT2D eigenvalue weighted by atomic mass is 35.7. The van der Waals surface area contributed by atoms with Gasteiger partial charge in [-0.05, 0) is 13.0 Å². The number of halogens is 1. The minimum Gasteiger partial charge on any atom is -0.258 e. The van der Waals surface area contributed by atoms with Gasteiger partial charge in [-0.1, -0.05) is 0 Å². The minimum atomic E-state index is -3.51. The number of nitrogens with zero attached hydrogens (tertiary/aromatic N) is 2. The van der Waals surface area contributed by atoms with Crippen LogP contribution in [0.2, 0.25) is 0 Å². The van der Waals surface area contributed by atoms with Gasteiger partial charge >= 0.3 is 0 Å². The Bertz CT molecular complexity index is 532. The monoisotopic (exact) mass is 296 g/mol. The minimum absolute atomic E-state index is 0.0562. The lowest BCUT2D eigenvalue weighted by atomic mass is 10.3. The predicted octanol–water partition coefficient (Wildman–Crippen LogP) is 1.96. The number of nitro groups is 1. The largest absolute Gasteiger partial charge is 0.290 e. The van der Waals surface area contributed by atoms with E-state index in [1.807, 2.05) is 0 Å². The second-order valence-corrected chi connectivity index (χ2v) is 7.11. The lowest BCUT2D eigenvalue weighted by Gasteiger charge is -2.01. The molecule has 9 heteroatoms. The molecule has 0 saturated heterocycles. The van der Waals surface area contributed by atoms with Crippen LogP contribution in [-0.4, -0.2) is 29.8 Å². The molecule has 0 fully saturated rings. The molecule has 1 aromatic heterocycles. The fourth-order valence-electron chi connectivity index (χ4n) is 1.05. The van der Waals surface area contributed by atoms with Crippen LogP contribution in [-0.2, 0) is 9.05 Å². The van der Waals surface area contributed by atoms with E-state index in [1.165, 1.54) is 30.8 Å². The molecule has 1 heterocycles. The zero-order chi connectivity index (χ0) is 13.1. The predicted molar refractivity (Wildman–Crippen MR) is 66.0 cm³/mol. The van der Waals surface area contributed by atoms with Crippen LogP contribution in [0, 0.1) is 17.0 Å². The van der Waals surface area contributed by atoms with E-state index < -0.39 is 14.0 Å².